The molecule has 0 spiro atoms. The molecule has 2 heteroatoms. The predicted molar refractivity (Wildman–Crippen MR) is 69.4 cm³/mol. The molecule has 0 rings (SSSR count). The highest BCUT2D eigenvalue weighted by atomic mass is 15.1. The van der Waals surface area contributed by atoms with Crippen LogP contribution in [-0.4, -0.2) is 24.2 Å². The summed E-state index contributed by atoms with van der Waals surface area (Å²) in [5.41, 5.74) is 0.534. The highest BCUT2D eigenvalue weighted by Crippen LogP contribution is 2.19. The molecule has 0 aromatic heterocycles. The van der Waals surface area contributed by atoms with Crippen LogP contribution in [-0.2, 0) is 0 Å². The zero-order valence-corrected chi connectivity index (χ0v) is 11.5. The van der Waals surface area contributed by atoms with Crippen LogP contribution in [0.4, 0.5) is 0 Å². The molecule has 0 unspecified atom stereocenters. The first kappa shape index (κ1) is 14.9. The first-order valence-electron chi connectivity index (χ1n) is 6.45. The normalized spacial score (nSPS) is 13.2. The Kier molecular flexibility index (Phi) is 6.46. The number of nitrogens with one attached hydrogen (secondary N) is 2. The lowest BCUT2D eigenvalue weighted by atomic mass is 9.88. The Morgan fingerprint density at radius 2 is 1.27 bits per heavy atom. The maximum Gasteiger partial charge on any atom is 0.0249 e. The summed E-state index contributed by atoms with van der Waals surface area (Å²) in [6.45, 7) is 15.6. The van der Waals surface area contributed by atoms with Crippen LogP contribution in [0, 0.1) is 0 Å². The van der Waals surface area contributed by atoms with Crippen LogP contribution < -0.4 is 10.6 Å². The molecule has 0 saturated heterocycles. The Bertz CT molecular complexity index is 152. The van der Waals surface area contributed by atoms with Crippen molar-refractivity contribution in [3.05, 3.63) is 0 Å². The van der Waals surface area contributed by atoms with E-state index in [0.717, 1.165) is 13.1 Å². The molecule has 0 fully saturated rings. The molecule has 0 amide bonds. The Hall–Kier alpha value is -0.0800. The lowest BCUT2D eigenvalue weighted by Crippen LogP contribution is -2.54. The first-order valence-corrected chi connectivity index (χ1v) is 6.45. The molecule has 0 aliphatic heterocycles. The van der Waals surface area contributed by atoms with E-state index >= 15 is 0 Å². The quantitative estimate of drug-likeness (QED) is 0.649. The summed E-state index contributed by atoms with van der Waals surface area (Å²) in [5.74, 6) is 0. The minimum absolute atomic E-state index is 0.194. The lowest BCUT2D eigenvalue weighted by molar-refractivity contribution is 0.249. The van der Waals surface area contributed by atoms with Crippen LogP contribution >= 0.6 is 0 Å². The van der Waals surface area contributed by atoms with E-state index in [4.69, 9.17) is 0 Å². The first-order chi connectivity index (χ1) is 6.95. The Morgan fingerprint density at radius 3 is 1.60 bits per heavy atom. The third kappa shape index (κ3) is 4.98. The molecule has 15 heavy (non-hydrogen) atoms. The fourth-order valence-corrected chi connectivity index (χ4v) is 2.07. The Morgan fingerprint density at radius 1 is 0.800 bits per heavy atom. The second kappa shape index (κ2) is 6.49. The Labute approximate surface area is 96.2 Å². The highest BCUT2D eigenvalue weighted by molar-refractivity contribution is 4.89. The van der Waals surface area contributed by atoms with E-state index in [0.29, 0.717) is 5.54 Å². The molecule has 0 aromatic rings. The van der Waals surface area contributed by atoms with Gasteiger partial charge in [0.25, 0.3) is 0 Å². The minimum Gasteiger partial charge on any atom is -0.311 e. The van der Waals surface area contributed by atoms with Gasteiger partial charge in [0, 0.05) is 17.6 Å². The number of hydrogen-bond donors (Lipinski definition) is 2. The van der Waals surface area contributed by atoms with Crippen LogP contribution in [0.25, 0.3) is 0 Å². The van der Waals surface area contributed by atoms with E-state index in [1.54, 1.807) is 0 Å². The van der Waals surface area contributed by atoms with Gasteiger partial charge in [0.15, 0.2) is 0 Å². The van der Waals surface area contributed by atoms with Gasteiger partial charge in [0.1, 0.15) is 0 Å². The largest absolute Gasteiger partial charge is 0.311 e. The van der Waals surface area contributed by atoms with Crippen molar-refractivity contribution in [3.63, 3.8) is 0 Å². The summed E-state index contributed by atoms with van der Waals surface area (Å²) in [5, 5.41) is 7.25. The SMILES string of the molecule is CCNC(C)(C)CNC(CC)(CC)CC. The monoisotopic (exact) mass is 214 g/mol. The van der Waals surface area contributed by atoms with Crippen molar-refractivity contribution in [3.8, 4) is 0 Å². The number of rotatable bonds is 8. The molecule has 0 radical (unpaired) electrons. The van der Waals surface area contributed by atoms with E-state index in [2.05, 4.69) is 52.2 Å². The van der Waals surface area contributed by atoms with Gasteiger partial charge >= 0.3 is 0 Å². The molecule has 0 saturated carbocycles. The summed E-state index contributed by atoms with van der Waals surface area (Å²) in [7, 11) is 0. The van der Waals surface area contributed by atoms with Crippen LogP contribution in [0.15, 0.2) is 0 Å². The van der Waals surface area contributed by atoms with Gasteiger partial charge < -0.3 is 10.6 Å². The Balaban J connectivity index is 4.20. The molecule has 0 heterocycles. The van der Waals surface area contributed by atoms with Gasteiger partial charge in [0.2, 0.25) is 0 Å². The summed E-state index contributed by atoms with van der Waals surface area (Å²) in [4.78, 5) is 0. The van der Waals surface area contributed by atoms with Crippen LogP contribution in [0.2, 0.25) is 0 Å². The predicted octanol–water partition coefficient (Wildman–Crippen LogP) is 2.93. The number of hydrogen-bond acceptors (Lipinski definition) is 2. The standard InChI is InChI=1S/C13H30N2/c1-7-13(8-2,9-3)15-11-12(5,6)14-10-4/h14-15H,7-11H2,1-6H3. The fourth-order valence-electron chi connectivity index (χ4n) is 2.07. The zero-order chi connectivity index (χ0) is 11.9. The van der Waals surface area contributed by atoms with Gasteiger partial charge in [-0.3, -0.25) is 0 Å². The second-order valence-electron chi connectivity index (χ2n) is 5.11. The van der Waals surface area contributed by atoms with E-state index in [-0.39, 0.29) is 5.54 Å². The molecular weight excluding hydrogens is 184 g/mol. The number of likely N-dealkylation sites (N-methyl/N-ethyl adjacent to an activating group) is 1. The topological polar surface area (TPSA) is 24.1 Å². The van der Waals surface area contributed by atoms with Gasteiger partial charge in [-0.1, -0.05) is 27.7 Å². The van der Waals surface area contributed by atoms with Gasteiger partial charge in [-0.25, -0.2) is 0 Å². The molecule has 0 aromatic carbocycles. The van der Waals surface area contributed by atoms with E-state index in [1.165, 1.54) is 19.3 Å². The molecule has 0 aliphatic carbocycles. The summed E-state index contributed by atoms with van der Waals surface area (Å²) >= 11 is 0. The van der Waals surface area contributed by atoms with Crippen LogP contribution in [0.1, 0.15) is 60.8 Å². The molecule has 2 N–H and O–H groups in total. The molecule has 0 atom stereocenters. The van der Waals surface area contributed by atoms with Crippen molar-refractivity contribution in [2.45, 2.75) is 71.9 Å². The van der Waals surface area contributed by atoms with Crippen LogP contribution in [0.3, 0.4) is 0 Å². The average molecular weight is 214 g/mol. The third-order valence-corrected chi connectivity index (χ3v) is 3.59. The lowest BCUT2D eigenvalue weighted by Gasteiger charge is -2.36. The van der Waals surface area contributed by atoms with Crippen molar-refractivity contribution in [2.24, 2.45) is 0 Å². The van der Waals surface area contributed by atoms with E-state index in [9.17, 15) is 0 Å². The van der Waals surface area contributed by atoms with Gasteiger partial charge in [0.05, 0.1) is 0 Å². The van der Waals surface area contributed by atoms with E-state index in [1.807, 2.05) is 0 Å². The smallest absolute Gasteiger partial charge is 0.0249 e. The average Bonchev–Trinajstić information content (AvgIpc) is 2.21. The summed E-state index contributed by atoms with van der Waals surface area (Å²) in [6, 6.07) is 0. The zero-order valence-electron chi connectivity index (χ0n) is 11.5. The highest BCUT2D eigenvalue weighted by Gasteiger charge is 2.26. The third-order valence-electron chi connectivity index (χ3n) is 3.59. The van der Waals surface area contributed by atoms with Crippen molar-refractivity contribution in [1.82, 2.24) is 10.6 Å². The van der Waals surface area contributed by atoms with Crippen molar-refractivity contribution < 1.29 is 0 Å². The summed E-state index contributed by atoms with van der Waals surface area (Å²) < 4.78 is 0. The van der Waals surface area contributed by atoms with Crippen LogP contribution in [0.5, 0.6) is 0 Å². The van der Waals surface area contributed by atoms with Crippen molar-refractivity contribution in [1.29, 1.82) is 0 Å². The van der Waals surface area contributed by atoms with Crippen molar-refractivity contribution in [2.75, 3.05) is 13.1 Å². The second-order valence-corrected chi connectivity index (χ2v) is 5.11. The van der Waals surface area contributed by atoms with Gasteiger partial charge in [-0.2, -0.15) is 0 Å². The molecule has 2 nitrogen and oxygen atoms in total. The summed E-state index contributed by atoms with van der Waals surface area (Å²) in [6.07, 6.45) is 3.63. The van der Waals surface area contributed by atoms with Gasteiger partial charge in [-0.15, -0.1) is 0 Å². The van der Waals surface area contributed by atoms with Crippen molar-refractivity contribution >= 4 is 0 Å². The molecular formula is C13H30N2. The maximum atomic E-state index is 3.74. The maximum absolute atomic E-state index is 3.74. The molecule has 92 valence electrons. The molecule has 0 bridgehead atoms. The minimum atomic E-state index is 0.194. The molecule has 0 aliphatic rings. The van der Waals surface area contributed by atoms with E-state index < -0.39 is 0 Å². The fraction of sp³-hybridized carbons (Fsp3) is 1.00. The van der Waals surface area contributed by atoms with Gasteiger partial charge in [-0.05, 0) is 39.7 Å².